The normalized spacial score (nSPS) is 13.5. The lowest BCUT2D eigenvalue weighted by Gasteiger charge is -2.28. The highest BCUT2D eigenvalue weighted by atomic mass is 31.2. The van der Waals surface area contributed by atoms with Gasteiger partial charge in [-0.1, -0.05) is 187 Å². The molecule has 53 heavy (non-hydrogen) atoms. The Labute approximate surface area is 327 Å². The van der Waals surface area contributed by atoms with E-state index in [2.05, 4.69) is 13.8 Å². The average molecular weight is 776 g/mol. The van der Waals surface area contributed by atoms with Gasteiger partial charge in [-0.3, -0.25) is 14.2 Å². The lowest BCUT2D eigenvalue weighted by atomic mass is 10.0. The van der Waals surface area contributed by atoms with Crippen molar-refractivity contribution < 1.29 is 42.1 Å². The lowest BCUT2D eigenvalue weighted by Crippen LogP contribution is -2.37. The van der Waals surface area contributed by atoms with Crippen molar-refractivity contribution in [3.8, 4) is 0 Å². The van der Waals surface area contributed by atoms with E-state index in [0.29, 0.717) is 17.4 Å². The first kappa shape index (κ1) is 52.0. The summed E-state index contributed by atoms with van der Waals surface area (Å²) in [6.45, 7) is 4.24. The van der Waals surface area contributed by atoms with Crippen molar-refractivity contribution in [1.82, 2.24) is 0 Å². The number of likely N-dealkylation sites (N-methyl/N-ethyl adjacent to an activating group) is 1. The van der Waals surface area contributed by atoms with Gasteiger partial charge < -0.3 is 27.9 Å². The van der Waals surface area contributed by atoms with Crippen molar-refractivity contribution in [2.75, 3.05) is 47.5 Å². The van der Waals surface area contributed by atoms with Gasteiger partial charge in [0.15, 0.2) is 6.10 Å². The van der Waals surface area contributed by atoms with Crippen LogP contribution in [-0.4, -0.2) is 70.0 Å². The Kier molecular flexibility index (Phi) is 36.0. The first-order valence-electron chi connectivity index (χ1n) is 22.2. The fraction of sp³-hybridized carbons (Fsp3) is 0.953. The van der Waals surface area contributed by atoms with Crippen LogP contribution in [0, 0.1) is 0 Å². The van der Waals surface area contributed by atoms with Crippen molar-refractivity contribution in [3.63, 3.8) is 0 Å². The maximum Gasteiger partial charge on any atom is 0.306 e. The van der Waals surface area contributed by atoms with Crippen LogP contribution in [0.5, 0.6) is 0 Å². The molecule has 0 N–H and O–H groups in total. The minimum absolute atomic E-state index is 0.0259. The van der Waals surface area contributed by atoms with Crippen LogP contribution in [-0.2, 0) is 32.7 Å². The monoisotopic (exact) mass is 776 g/mol. The van der Waals surface area contributed by atoms with Crippen LogP contribution in [0.25, 0.3) is 0 Å². The van der Waals surface area contributed by atoms with Gasteiger partial charge in [0.2, 0.25) is 0 Å². The van der Waals surface area contributed by atoms with Gasteiger partial charge in [0.05, 0.1) is 27.7 Å². The summed E-state index contributed by atoms with van der Waals surface area (Å²) in [6.07, 6.45) is 35.6. The Morgan fingerprint density at radius 3 is 1.21 bits per heavy atom. The number of phosphoric acid groups is 1. The van der Waals surface area contributed by atoms with Gasteiger partial charge in [-0.25, -0.2) is 0 Å². The van der Waals surface area contributed by atoms with Crippen molar-refractivity contribution in [3.05, 3.63) is 0 Å². The summed E-state index contributed by atoms with van der Waals surface area (Å²) < 4.78 is 33.8. The van der Waals surface area contributed by atoms with Crippen molar-refractivity contribution in [2.24, 2.45) is 0 Å². The molecule has 10 heteroatoms. The number of carbonyl (C=O) groups is 2. The van der Waals surface area contributed by atoms with E-state index < -0.39 is 26.5 Å². The summed E-state index contributed by atoms with van der Waals surface area (Å²) >= 11 is 0. The zero-order chi connectivity index (χ0) is 39.3. The quantitative estimate of drug-likeness (QED) is 0.0261. The Hall–Kier alpha value is -0.990. The van der Waals surface area contributed by atoms with Crippen LogP contribution in [0.3, 0.4) is 0 Å². The highest BCUT2D eigenvalue weighted by Crippen LogP contribution is 2.38. The summed E-state index contributed by atoms with van der Waals surface area (Å²) in [6, 6.07) is 0. The van der Waals surface area contributed by atoms with E-state index >= 15 is 0 Å². The van der Waals surface area contributed by atoms with E-state index in [1.165, 1.54) is 148 Å². The number of carbonyl (C=O) groups excluding carboxylic acids is 2. The molecule has 0 aliphatic carbocycles. The second-order valence-corrected chi connectivity index (χ2v) is 17.8. The molecule has 1 unspecified atom stereocenters. The van der Waals surface area contributed by atoms with Crippen LogP contribution in [0.4, 0.5) is 0 Å². The first-order valence-corrected chi connectivity index (χ1v) is 23.7. The summed E-state index contributed by atoms with van der Waals surface area (Å²) in [4.78, 5) is 37.4. The molecule has 0 rings (SSSR count). The van der Waals surface area contributed by atoms with Crippen molar-refractivity contribution >= 4 is 19.8 Å². The number of quaternary nitrogens is 1. The number of nitrogens with zero attached hydrogens (tertiary/aromatic N) is 1. The largest absolute Gasteiger partial charge is 0.756 e. The molecule has 9 nitrogen and oxygen atoms in total. The zero-order valence-corrected chi connectivity index (χ0v) is 36.4. The van der Waals surface area contributed by atoms with Crippen LogP contribution >= 0.6 is 7.82 Å². The van der Waals surface area contributed by atoms with Gasteiger partial charge in [-0.05, 0) is 12.8 Å². The van der Waals surface area contributed by atoms with Crippen LogP contribution in [0.2, 0.25) is 0 Å². The lowest BCUT2D eigenvalue weighted by molar-refractivity contribution is -0.870. The second-order valence-electron chi connectivity index (χ2n) is 16.4. The maximum atomic E-state index is 12.6. The molecule has 0 fully saturated rings. The van der Waals surface area contributed by atoms with Gasteiger partial charge >= 0.3 is 11.9 Å². The number of phosphoric ester groups is 1. The first-order chi connectivity index (χ1) is 25.5. The predicted octanol–water partition coefficient (Wildman–Crippen LogP) is 11.8. The summed E-state index contributed by atoms with van der Waals surface area (Å²) in [7, 11) is 1.18. The number of hydrogen-bond acceptors (Lipinski definition) is 8. The third-order valence-corrected chi connectivity index (χ3v) is 10.8. The molecule has 0 spiro atoms. The number of hydrogen-bond donors (Lipinski definition) is 0. The molecule has 0 aliphatic heterocycles. The molecule has 0 saturated heterocycles. The molecule has 2 atom stereocenters. The molecule has 316 valence electrons. The zero-order valence-electron chi connectivity index (χ0n) is 35.5. The number of ether oxygens (including phenoxy) is 2. The molecule has 0 aromatic heterocycles. The standard InChI is InChI=1S/C43H86NO8P/c1-6-8-10-12-14-16-18-19-20-21-22-23-24-25-26-28-29-31-33-35-42(45)49-39-41(40-51-53(47,48)50-38-37-44(3,4)5)52-43(46)36-34-32-30-27-17-15-13-11-9-7-2/h41H,6-40H2,1-5H3/t41-/m0/s1. The molecule has 0 bridgehead atoms. The van der Waals surface area contributed by atoms with Gasteiger partial charge in [0, 0.05) is 12.8 Å². The Morgan fingerprint density at radius 2 is 0.849 bits per heavy atom. The number of unbranched alkanes of at least 4 members (excludes halogenated alkanes) is 27. The molecule has 0 radical (unpaired) electrons. The van der Waals surface area contributed by atoms with Gasteiger partial charge in [-0.2, -0.15) is 0 Å². The van der Waals surface area contributed by atoms with E-state index in [1.807, 2.05) is 21.1 Å². The predicted molar refractivity (Wildman–Crippen MR) is 218 cm³/mol. The molecule has 0 aromatic rings. The molecule has 0 aliphatic rings. The van der Waals surface area contributed by atoms with Gasteiger partial charge in [0.1, 0.15) is 19.8 Å². The van der Waals surface area contributed by atoms with E-state index in [-0.39, 0.29) is 32.0 Å². The van der Waals surface area contributed by atoms with E-state index in [1.54, 1.807) is 0 Å². The van der Waals surface area contributed by atoms with Crippen LogP contribution < -0.4 is 4.89 Å². The Balaban J connectivity index is 4.21. The third kappa shape index (κ3) is 40.5. The summed E-state index contributed by atoms with van der Waals surface area (Å²) in [5.74, 6) is -0.822. The molecular formula is C43H86NO8P. The highest BCUT2D eigenvalue weighted by molar-refractivity contribution is 7.45. The second kappa shape index (κ2) is 36.6. The molecule has 0 amide bonds. The third-order valence-electron chi connectivity index (χ3n) is 9.88. The van der Waals surface area contributed by atoms with Gasteiger partial charge in [0.25, 0.3) is 7.82 Å². The Morgan fingerprint density at radius 1 is 0.509 bits per heavy atom. The van der Waals surface area contributed by atoms with E-state index in [4.69, 9.17) is 18.5 Å². The van der Waals surface area contributed by atoms with Gasteiger partial charge in [-0.15, -0.1) is 0 Å². The fourth-order valence-electron chi connectivity index (χ4n) is 6.36. The average Bonchev–Trinajstić information content (AvgIpc) is 3.10. The number of esters is 2. The number of rotatable bonds is 41. The summed E-state index contributed by atoms with van der Waals surface area (Å²) in [5.41, 5.74) is 0. The van der Waals surface area contributed by atoms with E-state index in [9.17, 15) is 19.0 Å². The molecular weight excluding hydrogens is 689 g/mol. The fourth-order valence-corrected chi connectivity index (χ4v) is 7.09. The van der Waals surface area contributed by atoms with Crippen molar-refractivity contribution in [1.29, 1.82) is 0 Å². The topological polar surface area (TPSA) is 111 Å². The smallest absolute Gasteiger partial charge is 0.306 e. The van der Waals surface area contributed by atoms with Crippen LogP contribution in [0.15, 0.2) is 0 Å². The van der Waals surface area contributed by atoms with E-state index in [0.717, 1.165) is 32.1 Å². The minimum Gasteiger partial charge on any atom is -0.756 e. The summed E-state index contributed by atoms with van der Waals surface area (Å²) in [5, 5.41) is 0. The molecule has 0 saturated carbocycles. The van der Waals surface area contributed by atoms with Crippen LogP contribution in [0.1, 0.15) is 213 Å². The molecule has 0 aromatic carbocycles. The minimum atomic E-state index is -4.61. The Bertz CT molecular complexity index is 881. The maximum absolute atomic E-state index is 12.6. The molecule has 0 heterocycles. The van der Waals surface area contributed by atoms with Crippen molar-refractivity contribution in [2.45, 2.75) is 219 Å². The highest BCUT2D eigenvalue weighted by Gasteiger charge is 2.21. The SMILES string of the molecule is CCCCCCCCCCCCCCCCCCCCCC(=O)OC[C@@H](COP(=O)([O-])OCC[N+](C)(C)C)OC(=O)CCCCCCCCCCCC.